The first-order valence-electron chi connectivity index (χ1n) is 6.93. The summed E-state index contributed by atoms with van der Waals surface area (Å²) in [6.07, 6.45) is 2.41. The summed E-state index contributed by atoms with van der Waals surface area (Å²) in [5.74, 6) is -0.849. The zero-order valence-corrected chi connectivity index (χ0v) is 12.6. The molecule has 1 aromatic rings. The molecule has 0 spiro atoms. The Balaban J connectivity index is 2.44. The van der Waals surface area contributed by atoms with E-state index in [1.807, 2.05) is 27.7 Å². The average Bonchev–Trinajstić information content (AvgIpc) is 2.42. The van der Waals surface area contributed by atoms with Crippen molar-refractivity contribution in [3.63, 3.8) is 0 Å². The summed E-state index contributed by atoms with van der Waals surface area (Å²) in [5.41, 5.74) is 0.494. The van der Waals surface area contributed by atoms with Gasteiger partial charge in [-0.1, -0.05) is 0 Å². The van der Waals surface area contributed by atoms with Gasteiger partial charge in [0.05, 0.1) is 5.56 Å². The Hall–Kier alpha value is -2.30. The fourth-order valence-electron chi connectivity index (χ4n) is 2.48. The van der Waals surface area contributed by atoms with E-state index >= 15 is 0 Å². The maximum Gasteiger partial charge on any atom is 0.272 e. The quantitative estimate of drug-likeness (QED) is 0.855. The highest BCUT2D eigenvalue weighted by Crippen LogP contribution is 2.17. The molecule has 0 atom stereocenters. The molecule has 0 saturated heterocycles. The van der Waals surface area contributed by atoms with Crippen LogP contribution in [0.3, 0.4) is 0 Å². The molecule has 5 nitrogen and oxygen atoms in total. The molecule has 1 aromatic heterocycles. The predicted octanol–water partition coefficient (Wildman–Crippen LogP) is 2.28. The number of nitrogens with zero attached hydrogens (tertiary/aromatic N) is 2. The van der Waals surface area contributed by atoms with Crippen LogP contribution in [0.4, 0.5) is 0 Å². The summed E-state index contributed by atoms with van der Waals surface area (Å²) in [6, 6.07) is 3.04. The number of carbonyl (C=O) groups is 3. The van der Waals surface area contributed by atoms with Gasteiger partial charge in [0.15, 0.2) is 5.78 Å². The number of aromatic nitrogens is 1. The Morgan fingerprint density at radius 3 is 2.14 bits per heavy atom. The highest BCUT2D eigenvalue weighted by molar-refractivity contribution is 6.21. The molecule has 0 radical (unpaired) electrons. The number of allylic oxidation sites excluding steroid dienone is 2. The van der Waals surface area contributed by atoms with Crippen LogP contribution in [-0.2, 0) is 0 Å². The minimum Gasteiger partial charge on any atom is -0.332 e. The molecule has 0 aliphatic heterocycles. The summed E-state index contributed by atoms with van der Waals surface area (Å²) >= 11 is 0. The van der Waals surface area contributed by atoms with Gasteiger partial charge in [-0.15, -0.1) is 0 Å². The topological polar surface area (TPSA) is 67.3 Å². The monoisotopic (exact) mass is 286 g/mol. The fraction of sp³-hybridized carbons (Fsp3) is 0.375. The van der Waals surface area contributed by atoms with Crippen molar-refractivity contribution in [2.75, 3.05) is 0 Å². The summed E-state index contributed by atoms with van der Waals surface area (Å²) in [5, 5.41) is 0. The number of fused-ring (bicyclic) bond motifs is 1. The summed E-state index contributed by atoms with van der Waals surface area (Å²) in [4.78, 5) is 41.9. The van der Waals surface area contributed by atoms with Crippen molar-refractivity contribution in [3.05, 3.63) is 41.2 Å². The lowest BCUT2D eigenvalue weighted by Gasteiger charge is -2.30. The van der Waals surface area contributed by atoms with E-state index < -0.39 is 0 Å². The molecule has 0 saturated carbocycles. The fourth-order valence-corrected chi connectivity index (χ4v) is 2.48. The van der Waals surface area contributed by atoms with Gasteiger partial charge < -0.3 is 4.90 Å². The summed E-state index contributed by atoms with van der Waals surface area (Å²) in [6.45, 7) is 7.70. The first-order valence-corrected chi connectivity index (χ1v) is 6.93. The average molecular weight is 286 g/mol. The van der Waals surface area contributed by atoms with Gasteiger partial charge in [-0.05, 0) is 52.0 Å². The van der Waals surface area contributed by atoms with E-state index in [2.05, 4.69) is 4.98 Å². The number of carbonyl (C=O) groups excluding carboxylic acids is 3. The Bertz CT molecular complexity index is 637. The Labute approximate surface area is 123 Å². The van der Waals surface area contributed by atoms with Gasteiger partial charge >= 0.3 is 0 Å². The molecule has 1 heterocycles. The predicted molar refractivity (Wildman–Crippen MR) is 78.5 cm³/mol. The third-order valence-corrected chi connectivity index (χ3v) is 3.35. The van der Waals surface area contributed by atoms with Crippen molar-refractivity contribution in [2.24, 2.45) is 0 Å². The second-order valence-corrected chi connectivity index (χ2v) is 5.55. The minimum absolute atomic E-state index is 0.0209. The number of ketones is 2. The smallest absolute Gasteiger partial charge is 0.272 e. The zero-order chi connectivity index (χ0) is 15.7. The van der Waals surface area contributed by atoms with Crippen molar-refractivity contribution >= 4 is 17.5 Å². The normalized spacial score (nSPS) is 13.8. The molecule has 2 rings (SSSR count). The number of pyridine rings is 1. The molecule has 0 N–H and O–H groups in total. The van der Waals surface area contributed by atoms with Crippen LogP contribution in [0.25, 0.3) is 0 Å². The highest BCUT2D eigenvalue weighted by Gasteiger charge is 2.26. The van der Waals surface area contributed by atoms with Gasteiger partial charge in [-0.3, -0.25) is 14.4 Å². The third-order valence-electron chi connectivity index (χ3n) is 3.35. The van der Waals surface area contributed by atoms with Crippen molar-refractivity contribution in [2.45, 2.75) is 39.8 Å². The molecule has 21 heavy (non-hydrogen) atoms. The maximum atomic E-state index is 12.6. The van der Waals surface area contributed by atoms with Gasteiger partial charge in [0.2, 0.25) is 5.78 Å². The molecule has 1 amide bonds. The zero-order valence-electron chi connectivity index (χ0n) is 12.6. The van der Waals surface area contributed by atoms with Gasteiger partial charge in [0.25, 0.3) is 5.91 Å². The highest BCUT2D eigenvalue weighted by atomic mass is 16.2. The van der Waals surface area contributed by atoms with Gasteiger partial charge in [-0.25, -0.2) is 4.98 Å². The van der Waals surface area contributed by atoms with Gasteiger partial charge in [0, 0.05) is 12.1 Å². The van der Waals surface area contributed by atoms with E-state index in [1.165, 1.54) is 24.3 Å². The third kappa shape index (κ3) is 2.77. The second kappa shape index (κ2) is 5.60. The van der Waals surface area contributed by atoms with Crippen LogP contribution in [0.5, 0.6) is 0 Å². The maximum absolute atomic E-state index is 12.6. The molecule has 0 aromatic carbocycles. The molecular formula is C16H18N2O3. The second-order valence-electron chi connectivity index (χ2n) is 5.55. The number of amides is 1. The minimum atomic E-state index is -0.347. The van der Waals surface area contributed by atoms with Crippen LogP contribution >= 0.6 is 0 Å². The van der Waals surface area contributed by atoms with E-state index in [0.717, 1.165) is 0 Å². The molecule has 0 unspecified atom stereocenters. The molecule has 5 heteroatoms. The molecule has 1 aliphatic rings. The van der Waals surface area contributed by atoms with Crippen LogP contribution in [-0.4, -0.2) is 39.4 Å². The summed E-state index contributed by atoms with van der Waals surface area (Å²) < 4.78 is 0. The lowest BCUT2D eigenvalue weighted by Crippen LogP contribution is -2.42. The van der Waals surface area contributed by atoms with E-state index in [1.54, 1.807) is 4.90 Å². The first-order chi connectivity index (χ1) is 9.82. The Morgan fingerprint density at radius 1 is 1.00 bits per heavy atom. The lowest BCUT2D eigenvalue weighted by atomic mass is 9.99. The van der Waals surface area contributed by atoms with Crippen LogP contribution in [0.2, 0.25) is 0 Å². The van der Waals surface area contributed by atoms with Gasteiger partial charge in [0.1, 0.15) is 11.4 Å². The largest absolute Gasteiger partial charge is 0.332 e. The Kier molecular flexibility index (Phi) is 4.02. The van der Waals surface area contributed by atoms with Crippen LogP contribution in [0, 0.1) is 0 Å². The number of hydrogen-bond donors (Lipinski definition) is 0. The Morgan fingerprint density at radius 2 is 1.57 bits per heavy atom. The first kappa shape index (κ1) is 15.1. The lowest BCUT2D eigenvalue weighted by molar-refractivity contribution is 0.0637. The van der Waals surface area contributed by atoms with Crippen LogP contribution < -0.4 is 0 Å². The molecule has 110 valence electrons. The van der Waals surface area contributed by atoms with E-state index in [4.69, 9.17) is 0 Å². The summed E-state index contributed by atoms with van der Waals surface area (Å²) in [7, 11) is 0. The SMILES string of the molecule is CC(C)N(C(=O)c1ccc2c(n1)C(=O)C=CC2=O)C(C)C. The van der Waals surface area contributed by atoms with Crippen molar-refractivity contribution < 1.29 is 14.4 Å². The molecule has 1 aliphatic carbocycles. The van der Waals surface area contributed by atoms with Crippen LogP contribution in [0.15, 0.2) is 24.3 Å². The van der Waals surface area contributed by atoms with Crippen LogP contribution in [0.1, 0.15) is 59.0 Å². The molecule has 0 bridgehead atoms. The molecule has 0 fully saturated rings. The van der Waals surface area contributed by atoms with Gasteiger partial charge in [-0.2, -0.15) is 0 Å². The van der Waals surface area contributed by atoms with E-state index in [0.29, 0.717) is 0 Å². The van der Waals surface area contributed by atoms with E-state index in [9.17, 15) is 14.4 Å². The number of rotatable bonds is 3. The van der Waals surface area contributed by atoms with Crippen molar-refractivity contribution in [1.82, 2.24) is 9.88 Å². The standard InChI is InChI=1S/C16H18N2O3/c1-9(2)18(10(3)4)16(21)12-6-5-11-13(19)7-8-14(20)15(11)17-12/h5-10H,1-4H3. The molecular weight excluding hydrogens is 268 g/mol. The van der Waals surface area contributed by atoms with Crippen molar-refractivity contribution in [1.29, 1.82) is 0 Å². The number of hydrogen-bond acceptors (Lipinski definition) is 4. The van der Waals surface area contributed by atoms with E-state index in [-0.39, 0.29) is 46.5 Å². The van der Waals surface area contributed by atoms with Crippen molar-refractivity contribution in [3.8, 4) is 0 Å².